The molecule has 4 nitrogen and oxygen atoms in total. The number of aromatic nitrogens is 3. The van der Waals surface area contributed by atoms with Gasteiger partial charge < -0.3 is 4.57 Å². The van der Waals surface area contributed by atoms with Crippen LogP contribution in [0.3, 0.4) is 0 Å². The molecule has 0 spiro atoms. The molecular weight excluding hydrogens is 324 g/mol. The first kappa shape index (κ1) is 15.8. The molecule has 0 aliphatic heterocycles. The van der Waals surface area contributed by atoms with Crippen molar-refractivity contribution in [2.45, 2.75) is 25.6 Å². The Balaban J connectivity index is 1.99. The van der Waals surface area contributed by atoms with Gasteiger partial charge >= 0.3 is 0 Å². The SMILES string of the molecule is CCn1c(-c2ccc(C)s2)nnc1C(S)c1ccc(C#N)cc1. The van der Waals surface area contributed by atoms with Gasteiger partial charge in [0.1, 0.15) is 0 Å². The van der Waals surface area contributed by atoms with E-state index in [1.807, 2.05) is 12.1 Å². The average molecular weight is 340 g/mol. The zero-order chi connectivity index (χ0) is 16.4. The van der Waals surface area contributed by atoms with E-state index in [9.17, 15) is 0 Å². The molecule has 0 amide bonds. The van der Waals surface area contributed by atoms with E-state index in [1.165, 1.54) is 4.88 Å². The Morgan fingerprint density at radius 3 is 2.52 bits per heavy atom. The molecule has 3 rings (SSSR count). The number of thiophene rings is 1. The van der Waals surface area contributed by atoms with E-state index in [1.54, 1.807) is 23.5 Å². The Morgan fingerprint density at radius 1 is 1.22 bits per heavy atom. The molecule has 0 saturated heterocycles. The van der Waals surface area contributed by atoms with Gasteiger partial charge in [0.2, 0.25) is 0 Å². The van der Waals surface area contributed by atoms with E-state index in [4.69, 9.17) is 17.9 Å². The summed E-state index contributed by atoms with van der Waals surface area (Å²) in [5.41, 5.74) is 1.64. The molecule has 23 heavy (non-hydrogen) atoms. The lowest BCUT2D eigenvalue weighted by Crippen LogP contribution is -2.06. The second-order valence-corrected chi connectivity index (χ2v) is 6.98. The van der Waals surface area contributed by atoms with Crippen LogP contribution >= 0.6 is 24.0 Å². The van der Waals surface area contributed by atoms with Crippen LogP contribution in [0.25, 0.3) is 10.7 Å². The summed E-state index contributed by atoms with van der Waals surface area (Å²) in [6.07, 6.45) is 0. The summed E-state index contributed by atoms with van der Waals surface area (Å²) in [7, 11) is 0. The molecule has 3 aromatic rings. The number of nitrogens with zero attached hydrogens (tertiary/aromatic N) is 4. The third kappa shape index (κ3) is 3.03. The van der Waals surface area contributed by atoms with Gasteiger partial charge in [-0.3, -0.25) is 0 Å². The van der Waals surface area contributed by atoms with Crippen LogP contribution in [0.15, 0.2) is 36.4 Å². The van der Waals surface area contributed by atoms with E-state index in [0.29, 0.717) is 5.56 Å². The summed E-state index contributed by atoms with van der Waals surface area (Å²) in [4.78, 5) is 2.37. The van der Waals surface area contributed by atoms with Gasteiger partial charge in [-0.2, -0.15) is 17.9 Å². The fraction of sp³-hybridized carbons (Fsp3) is 0.235. The van der Waals surface area contributed by atoms with Crippen LogP contribution in [-0.2, 0) is 6.54 Å². The number of hydrogen-bond acceptors (Lipinski definition) is 5. The van der Waals surface area contributed by atoms with Gasteiger partial charge in [-0.15, -0.1) is 21.5 Å². The fourth-order valence-electron chi connectivity index (χ4n) is 2.46. The third-order valence-corrected chi connectivity index (χ3v) is 5.18. The maximum atomic E-state index is 8.90. The molecule has 1 unspecified atom stereocenters. The number of hydrogen-bond donors (Lipinski definition) is 1. The van der Waals surface area contributed by atoms with Gasteiger partial charge in [-0.25, -0.2) is 0 Å². The second kappa shape index (κ2) is 6.57. The van der Waals surface area contributed by atoms with E-state index < -0.39 is 0 Å². The van der Waals surface area contributed by atoms with Crippen LogP contribution in [0.1, 0.15) is 34.0 Å². The summed E-state index contributed by atoms with van der Waals surface area (Å²) in [6.45, 7) is 4.94. The van der Waals surface area contributed by atoms with Gasteiger partial charge in [0.25, 0.3) is 0 Å². The van der Waals surface area contributed by atoms with E-state index in [0.717, 1.165) is 28.6 Å². The van der Waals surface area contributed by atoms with Crippen molar-refractivity contribution in [2.24, 2.45) is 0 Å². The van der Waals surface area contributed by atoms with Crippen molar-refractivity contribution in [1.29, 1.82) is 5.26 Å². The molecule has 116 valence electrons. The van der Waals surface area contributed by atoms with Crippen molar-refractivity contribution in [3.8, 4) is 16.8 Å². The predicted octanol–water partition coefficient (Wildman–Crippen LogP) is 4.23. The molecule has 0 bridgehead atoms. The second-order valence-electron chi connectivity index (χ2n) is 5.17. The van der Waals surface area contributed by atoms with Crippen molar-refractivity contribution < 1.29 is 0 Å². The number of nitriles is 1. The molecule has 0 aliphatic carbocycles. The highest BCUT2D eigenvalue weighted by molar-refractivity contribution is 7.80. The smallest absolute Gasteiger partial charge is 0.174 e. The standard InChI is InChI=1S/C17H16N4S2/c1-3-21-16(14-9-4-11(2)23-14)19-20-17(21)15(22)13-7-5-12(10-18)6-8-13/h4-9,15,22H,3H2,1-2H3. The molecule has 0 fully saturated rings. The highest BCUT2D eigenvalue weighted by Gasteiger charge is 2.20. The highest BCUT2D eigenvalue weighted by Crippen LogP contribution is 2.32. The van der Waals surface area contributed by atoms with Crippen LogP contribution in [-0.4, -0.2) is 14.8 Å². The molecule has 1 aromatic carbocycles. The molecule has 2 heterocycles. The molecule has 0 aliphatic rings. The molecule has 1 atom stereocenters. The number of benzene rings is 1. The zero-order valence-electron chi connectivity index (χ0n) is 12.9. The Hall–Kier alpha value is -2.10. The average Bonchev–Trinajstić information content (AvgIpc) is 3.19. The van der Waals surface area contributed by atoms with Crippen LogP contribution in [0.5, 0.6) is 0 Å². The van der Waals surface area contributed by atoms with Gasteiger partial charge in [0.15, 0.2) is 11.6 Å². The molecule has 6 heteroatoms. The van der Waals surface area contributed by atoms with Gasteiger partial charge in [0.05, 0.1) is 21.8 Å². The van der Waals surface area contributed by atoms with Crippen molar-refractivity contribution >= 4 is 24.0 Å². The molecule has 2 aromatic heterocycles. The van der Waals surface area contributed by atoms with Gasteiger partial charge in [-0.05, 0) is 43.7 Å². The first-order chi connectivity index (χ1) is 11.1. The van der Waals surface area contributed by atoms with Crippen LogP contribution in [0, 0.1) is 18.3 Å². The number of aryl methyl sites for hydroxylation is 1. The Bertz CT molecular complexity index is 856. The minimum atomic E-state index is -0.176. The summed E-state index contributed by atoms with van der Waals surface area (Å²) in [5, 5.41) is 17.5. The lowest BCUT2D eigenvalue weighted by Gasteiger charge is -2.13. The largest absolute Gasteiger partial charge is 0.309 e. The molecule has 0 saturated carbocycles. The van der Waals surface area contributed by atoms with Gasteiger partial charge in [-0.1, -0.05) is 12.1 Å². The van der Waals surface area contributed by atoms with Crippen molar-refractivity contribution in [1.82, 2.24) is 14.8 Å². The lowest BCUT2D eigenvalue weighted by molar-refractivity contribution is 0.716. The predicted molar refractivity (Wildman–Crippen MR) is 95.7 cm³/mol. The van der Waals surface area contributed by atoms with Crippen LogP contribution in [0.2, 0.25) is 0 Å². The van der Waals surface area contributed by atoms with Crippen LogP contribution in [0.4, 0.5) is 0 Å². The fourth-order valence-corrected chi connectivity index (χ4v) is 3.68. The zero-order valence-corrected chi connectivity index (χ0v) is 14.6. The number of rotatable bonds is 4. The monoisotopic (exact) mass is 340 g/mol. The van der Waals surface area contributed by atoms with Crippen molar-refractivity contribution in [2.75, 3.05) is 0 Å². The van der Waals surface area contributed by atoms with Gasteiger partial charge in [0, 0.05) is 11.4 Å². The Kier molecular flexibility index (Phi) is 4.51. The Labute approximate surface area is 144 Å². The van der Waals surface area contributed by atoms with E-state index in [2.05, 4.69) is 46.8 Å². The molecular formula is C17H16N4S2. The topological polar surface area (TPSA) is 54.5 Å². The normalized spacial score (nSPS) is 12.1. The Morgan fingerprint density at radius 2 is 1.96 bits per heavy atom. The third-order valence-electron chi connectivity index (χ3n) is 3.66. The van der Waals surface area contributed by atoms with Crippen molar-refractivity contribution in [3.05, 3.63) is 58.2 Å². The maximum Gasteiger partial charge on any atom is 0.174 e. The first-order valence-electron chi connectivity index (χ1n) is 7.32. The van der Waals surface area contributed by atoms with Crippen molar-refractivity contribution in [3.63, 3.8) is 0 Å². The van der Waals surface area contributed by atoms with E-state index in [-0.39, 0.29) is 5.25 Å². The maximum absolute atomic E-state index is 8.90. The quantitative estimate of drug-likeness (QED) is 0.723. The minimum absolute atomic E-state index is 0.176. The van der Waals surface area contributed by atoms with Crippen LogP contribution < -0.4 is 0 Å². The molecule has 0 radical (unpaired) electrons. The highest BCUT2D eigenvalue weighted by atomic mass is 32.1. The number of thiol groups is 1. The summed E-state index contributed by atoms with van der Waals surface area (Å²) < 4.78 is 2.10. The molecule has 0 N–H and O–H groups in total. The minimum Gasteiger partial charge on any atom is -0.309 e. The lowest BCUT2D eigenvalue weighted by atomic mass is 10.1. The van der Waals surface area contributed by atoms with E-state index >= 15 is 0 Å². The summed E-state index contributed by atoms with van der Waals surface area (Å²) in [5.74, 6) is 1.70. The first-order valence-corrected chi connectivity index (χ1v) is 8.65. The summed E-state index contributed by atoms with van der Waals surface area (Å²) >= 11 is 6.44. The summed E-state index contributed by atoms with van der Waals surface area (Å²) in [6, 6.07) is 13.7.